The fourth-order valence-corrected chi connectivity index (χ4v) is 1.69. The third-order valence-corrected chi connectivity index (χ3v) is 2.83. The molecule has 116 valence electrons. The normalized spacial score (nSPS) is 12.9. The number of nitrogen functional groups attached to an aromatic ring is 1. The third-order valence-electron chi connectivity index (χ3n) is 2.16. The Morgan fingerprint density at radius 1 is 1.38 bits per heavy atom. The van der Waals surface area contributed by atoms with E-state index < -0.39 is 17.2 Å². The van der Waals surface area contributed by atoms with Crippen molar-refractivity contribution in [1.82, 2.24) is 4.98 Å². The van der Waals surface area contributed by atoms with Gasteiger partial charge in [0.25, 0.3) is 0 Å². The molecule has 0 aliphatic carbocycles. The average Bonchev–Trinajstić information content (AvgIpc) is 2.74. The summed E-state index contributed by atoms with van der Waals surface area (Å²) in [5, 5.41) is 5.57. The highest BCUT2D eigenvalue weighted by atomic mass is 32.1. The van der Waals surface area contributed by atoms with Gasteiger partial charge in [-0.05, 0) is 34.6 Å². The van der Waals surface area contributed by atoms with Gasteiger partial charge in [0.05, 0.1) is 0 Å². The van der Waals surface area contributed by atoms with Gasteiger partial charge in [0, 0.05) is 5.38 Å². The minimum absolute atomic E-state index is 0.0421. The largest absolute Gasteiger partial charge is 0.457 e. The Morgan fingerprint density at radius 3 is 2.43 bits per heavy atom. The molecule has 7 nitrogen and oxygen atoms in total. The fourth-order valence-electron chi connectivity index (χ4n) is 1.14. The van der Waals surface area contributed by atoms with E-state index in [1.807, 2.05) is 0 Å². The lowest BCUT2D eigenvalue weighted by molar-refractivity contribution is -0.179. The molecule has 0 fully saturated rings. The molecule has 0 bridgehead atoms. The molecule has 1 rings (SSSR count). The number of nitrogens with zero attached hydrogens (tertiary/aromatic N) is 2. The van der Waals surface area contributed by atoms with E-state index in [1.54, 1.807) is 26.2 Å². The van der Waals surface area contributed by atoms with E-state index in [2.05, 4.69) is 10.1 Å². The highest BCUT2D eigenvalue weighted by Crippen LogP contribution is 2.18. The van der Waals surface area contributed by atoms with Gasteiger partial charge >= 0.3 is 5.97 Å². The van der Waals surface area contributed by atoms with Gasteiger partial charge in [0.1, 0.15) is 11.3 Å². The summed E-state index contributed by atoms with van der Waals surface area (Å²) in [5.41, 5.74) is 3.78. The number of nitrogens with two attached hydrogens (primary N) is 1. The Labute approximate surface area is 127 Å². The lowest BCUT2D eigenvalue weighted by Gasteiger charge is -2.26. The molecule has 0 aliphatic heterocycles. The van der Waals surface area contributed by atoms with Crippen LogP contribution in [-0.2, 0) is 19.2 Å². The zero-order valence-corrected chi connectivity index (χ0v) is 13.5. The van der Waals surface area contributed by atoms with Crippen molar-refractivity contribution in [2.45, 2.75) is 45.8 Å². The van der Waals surface area contributed by atoms with Crippen molar-refractivity contribution in [3.05, 3.63) is 11.1 Å². The van der Waals surface area contributed by atoms with Crippen LogP contribution in [0.15, 0.2) is 10.5 Å². The van der Waals surface area contributed by atoms with Crippen molar-refractivity contribution in [2.24, 2.45) is 5.16 Å². The lowest BCUT2D eigenvalue weighted by atomic mass is 10.1. The van der Waals surface area contributed by atoms with E-state index in [1.165, 1.54) is 25.2 Å². The van der Waals surface area contributed by atoms with Crippen LogP contribution in [0.1, 0.15) is 40.3 Å². The number of carbonyl (C=O) groups is 2. The number of esters is 1. The summed E-state index contributed by atoms with van der Waals surface area (Å²) in [6.07, 6.45) is 0.486. The molecule has 0 radical (unpaired) electrons. The zero-order valence-electron chi connectivity index (χ0n) is 12.7. The number of oxime groups is 1. The van der Waals surface area contributed by atoms with Crippen LogP contribution in [0.5, 0.6) is 0 Å². The van der Waals surface area contributed by atoms with Gasteiger partial charge in [0.15, 0.2) is 17.1 Å². The average molecular weight is 313 g/mol. The second-order valence-corrected chi connectivity index (χ2v) is 6.66. The van der Waals surface area contributed by atoms with Crippen LogP contribution in [0.4, 0.5) is 5.13 Å². The molecule has 0 saturated carbocycles. The van der Waals surface area contributed by atoms with Crippen molar-refractivity contribution < 1.29 is 19.2 Å². The molecule has 1 aromatic rings. The van der Waals surface area contributed by atoms with Gasteiger partial charge in [-0.25, -0.2) is 9.78 Å². The van der Waals surface area contributed by atoms with Gasteiger partial charge in [-0.2, -0.15) is 0 Å². The number of carbonyl (C=O) groups excluding carboxylic acids is 2. The molecule has 8 heteroatoms. The first-order chi connectivity index (χ1) is 9.55. The molecule has 0 aliphatic rings. The maximum Gasteiger partial charge on any atom is 0.353 e. The second kappa shape index (κ2) is 6.21. The Kier molecular flexibility index (Phi) is 5.06. The van der Waals surface area contributed by atoms with Crippen molar-refractivity contribution in [3.63, 3.8) is 0 Å². The summed E-state index contributed by atoms with van der Waals surface area (Å²) < 4.78 is 5.22. The van der Waals surface area contributed by atoms with Crippen LogP contribution in [-0.4, -0.2) is 34.2 Å². The third kappa shape index (κ3) is 5.14. The second-order valence-electron chi connectivity index (χ2n) is 5.77. The van der Waals surface area contributed by atoms with E-state index in [4.69, 9.17) is 15.3 Å². The summed E-state index contributed by atoms with van der Waals surface area (Å²) in [7, 11) is 0. The number of aldehydes is 1. The van der Waals surface area contributed by atoms with E-state index in [0.717, 1.165) is 0 Å². The quantitative estimate of drug-likeness (QED) is 0.384. The highest BCUT2D eigenvalue weighted by Gasteiger charge is 2.35. The molecule has 0 saturated heterocycles. The topological polar surface area (TPSA) is 104 Å². The van der Waals surface area contributed by atoms with Crippen LogP contribution in [0.25, 0.3) is 0 Å². The minimum atomic E-state index is -1.33. The number of anilines is 1. The standard InChI is InChI=1S/C13H19N3O4S/c1-12(2,3)19-10(18)13(4,5)20-16-8(6-17)9-7-21-11(14)15-9/h6-7H,1-5H3,(H2,14,15). The van der Waals surface area contributed by atoms with E-state index >= 15 is 0 Å². The molecule has 0 aromatic carbocycles. The molecule has 21 heavy (non-hydrogen) atoms. The number of ether oxygens (including phenoxy) is 1. The van der Waals surface area contributed by atoms with E-state index in [0.29, 0.717) is 17.1 Å². The van der Waals surface area contributed by atoms with Crippen LogP contribution in [0.3, 0.4) is 0 Å². The fraction of sp³-hybridized carbons (Fsp3) is 0.538. The SMILES string of the molecule is CC(C)(C)OC(=O)C(C)(C)ON=C(C=O)c1csc(N)n1. The first-order valence-corrected chi connectivity index (χ1v) is 7.09. The monoisotopic (exact) mass is 313 g/mol. The van der Waals surface area contributed by atoms with Gasteiger partial charge in [0.2, 0.25) is 5.60 Å². The van der Waals surface area contributed by atoms with Crippen molar-refractivity contribution in [1.29, 1.82) is 0 Å². The lowest BCUT2D eigenvalue weighted by Crippen LogP contribution is -2.40. The predicted octanol–water partition coefficient (Wildman–Crippen LogP) is 1.77. The van der Waals surface area contributed by atoms with Crippen LogP contribution < -0.4 is 5.73 Å². The number of hydrogen-bond donors (Lipinski definition) is 1. The Bertz CT molecular complexity index is 558. The Balaban J connectivity index is 2.85. The molecule has 0 spiro atoms. The van der Waals surface area contributed by atoms with Crippen molar-refractivity contribution >= 4 is 34.4 Å². The first kappa shape index (κ1) is 17.1. The summed E-state index contributed by atoms with van der Waals surface area (Å²) >= 11 is 1.18. The highest BCUT2D eigenvalue weighted by molar-refractivity contribution is 7.13. The zero-order chi connectivity index (χ0) is 16.3. The smallest absolute Gasteiger partial charge is 0.353 e. The van der Waals surface area contributed by atoms with Crippen LogP contribution in [0.2, 0.25) is 0 Å². The number of aromatic nitrogens is 1. The summed E-state index contributed by atoms with van der Waals surface area (Å²) in [5.74, 6) is -0.582. The summed E-state index contributed by atoms with van der Waals surface area (Å²) in [4.78, 5) is 32.1. The number of hydrogen-bond acceptors (Lipinski definition) is 8. The predicted molar refractivity (Wildman–Crippen MR) is 80.1 cm³/mol. The van der Waals surface area contributed by atoms with Crippen LogP contribution in [0, 0.1) is 0 Å². The summed E-state index contributed by atoms with van der Waals surface area (Å²) in [6, 6.07) is 0. The minimum Gasteiger partial charge on any atom is -0.457 e. The molecular weight excluding hydrogens is 294 g/mol. The molecule has 0 amide bonds. The summed E-state index contributed by atoms with van der Waals surface area (Å²) in [6.45, 7) is 8.25. The molecular formula is C13H19N3O4S. The number of thiazole rings is 1. The molecule has 2 N–H and O–H groups in total. The van der Waals surface area contributed by atoms with E-state index in [9.17, 15) is 9.59 Å². The maximum atomic E-state index is 12.0. The molecule has 1 heterocycles. The molecule has 1 aromatic heterocycles. The van der Waals surface area contributed by atoms with E-state index in [-0.39, 0.29) is 5.71 Å². The van der Waals surface area contributed by atoms with Gasteiger partial charge in [-0.3, -0.25) is 4.79 Å². The molecule has 0 atom stereocenters. The van der Waals surface area contributed by atoms with Gasteiger partial charge in [-0.1, -0.05) is 5.16 Å². The first-order valence-electron chi connectivity index (χ1n) is 6.21. The van der Waals surface area contributed by atoms with Crippen LogP contribution >= 0.6 is 11.3 Å². The van der Waals surface area contributed by atoms with Gasteiger partial charge < -0.3 is 15.3 Å². The van der Waals surface area contributed by atoms with Gasteiger partial charge in [-0.15, -0.1) is 11.3 Å². The number of rotatable bonds is 5. The maximum absolute atomic E-state index is 12.0. The van der Waals surface area contributed by atoms with Crippen molar-refractivity contribution in [3.8, 4) is 0 Å². The molecule has 0 unspecified atom stereocenters. The van der Waals surface area contributed by atoms with Crippen molar-refractivity contribution in [2.75, 3.05) is 5.73 Å². The Morgan fingerprint density at radius 2 is 2.00 bits per heavy atom. The Hall–Kier alpha value is -1.96.